The summed E-state index contributed by atoms with van der Waals surface area (Å²) in [5.74, 6) is 0.673. The quantitative estimate of drug-likeness (QED) is 0.721. The zero-order valence-electron chi connectivity index (χ0n) is 10.6. The third-order valence-corrected chi connectivity index (χ3v) is 3.83. The molecular weight excluding hydrogens is 258 g/mol. The molecule has 3 aromatic rings. The molecule has 0 radical (unpaired) electrons. The zero-order chi connectivity index (χ0) is 13.4. The molecule has 0 spiro atoms. The minimum Gasteiger partial charge on any atom is -0.399 e. The molecule has 3 rings (SSSR count). The predicted octanol–water partition coefficient (Wildman–Crippen LogP) is 2.78. The molecule has 19 heavy (non-hydrogen) atoms. The monoisotopic (exact) mass is 273 g/mol. The van der Waals surface area contributed by atoms with E-state index in [-0.39, 0.29) is 0 Å². The van der Waals surface area contributed by atoms with Gasteiger partial charge in [0.15, 0.2) is 0 Å². The Morgan fingerprint density at radius 3 is 2.95 bits per heavy atom. The number of aliphatic hydroxyl groups is 1. The molecule has 5 heteroatoms. The molecule has 2 aromatic heterocycles. The van der Waals surface area contributed by atoms with E-state index < -0.39 is 6.10 Å². The summed E-state index contributed by atoms with van der Waals surface area (Å²) in [6, 6.07) is 7.74. The van der Waals surface area contributed by atoms with Crippen LogP contribution in [0.5, 0.6) is 0 Å². The van der Waals surface area contributed by atoms with Gasteiger partial charge in [-0.25, -0.2) is 4.98 Å². The largest absolute Gasteiger partial charge is 0.399 e. The van der Waals surface area contributed by atoms with Gasteiger partial charge in [-0.1, -0.05) is 0 Å². The van der Waals surface area contributed by atoms with Crippen LogP contribution in [-0.2, 0) is 6.54 Å². The molecule has 3 N–H and O–H groups in total. The Morgan fingerprint density at radius 1 is 1.42 bits per heavy atom. The van der Waals surface area contributed by atoms with Crippen molar-refractivity contribution in [1.82, 2.24) is 9.55 Å². The van der Waals surface area contributed by atoms with Gasteiger partial charge in [-0.05, 0) is 47.5 Å². The average Bonchev–Trinajstić information content (AvgIpc) is 2.97. The van der Waals surface area contributed by atoms with Gasteiger partial charge in [0.05, 0.1) is 17.6 Å². The molecule has 0 amide bonds. The summed E-state index contributed by atoms with van der Waals surface area (Å²) in [5.41, 5.74) is 9.50. The van der Waals surface area contributed by atoms with Crippen molar-refractivity contribution in [2.45, 2.75) is 19.6 Å². The highest BCUT2D eigenvalue weighted by Gasteiger charge is 2.15. The van der Waals surface area contributed by atoms with Crippen LogP contribution in [0.15, 0.2) is 35.0 Å². The molecule has 0 bridgehead atoms. The lowest BCUT2D eigenvalue weighted by Gasteiger charge is -2.10. The molecule has 98 valence electrons. The second-order valence-electron chi connectivity index (χ2n) is 4.61. The lowest BCUT2D eigenvalue weighted by Crippen LogP contribution is -2.07. The third-order valence-electron chi connectivity index (χ3n) is 3.10. The number of aliphatic hydroxyl groups excluding tert-OH is 1. The second-order valence-corrected chi connectivity index (χ2v) is 5.39. The second kappa shape index (κ2) is 4.68. The van der Waals surface area contributed by atoms with E-state index in [1.54, 1.807) is 18.3 Å². The van der Waals surface area contributed by atoms with Crippen LogP contribution in [0, 0.1) is 0 Å². The summed E-state index contributed by atoms with van der Waals surface area (Å²) in [6.45, 7) is 2.44. The van der Waals surface area contributed by atoms with Crippen LogP contribution in [0.1, 0.15) is 24.4 Å². The fourth-order valence-electron chi connectivity index (χ4n) is 2.22. The van der Waals surface area contributed by atoms with E-state index in [2.05, 4.69) is 21.8 Å². The number of anilines is 1. The molecule has 1 unspecified atom stereocenters. The number of aromatic nitrogens is 2. The summed E-state index contributed by atoms with van der Waals surface area (Å²) >= 11 is 1.67. The van der Waals surface area contributed by atoms with Crippen LogP contribution in [0.2, 0.25) is 0 Å². The van der Waals surface area contributed by atoms with Gasteiger partial charge in [0.2, 0.25) is 0 Å². The number of benzene rings is 1. The number of nitrogens with zero attached hydrogens (tertiary/aromatic N) is 2. The predicted molar refractivity (Wildman–Crippen MR) is 78.2 cm³/mol. The molecule has 0 fully saturated rings. The summed E-state index contributed by atoms with van der Waals surface area (Å²) in [4.78, 5) is 4.49. The molecule has 2 heterocycles. The highest BCUT2D eigenvalue weighted by Crippen LogP contribution is 2.24. The van der Waals surface area contributed by atoms with Gasteiger partial charge >= 0.3 is 0 Å². The van der Waals surface area contributed by atoms with E-state index in [1.165, 1.54) is 5.56 Å². The first-order valence-corrected chi connectivity index (χ1v) is 7.04. The number of imidazole rings is 1. The molecule has 0 aliphatic carbocycles. The molecule has 1 atom stereocenters. The van der Waals surface area contributed by atoms with Crippen LogP contribution < -0.4 is 5.73 Å². The van der Waals surface area contributed by atoms with Crippen LogP contribution >= 0.6 is 11.3 Å². The van der Waals surface area contributed by atoms with Crippen LogP contribution in [0.4, 0.5) is 5.69 Å². The van der Waals surface area contributed by atoms with E-state index in [1.807, 2.05) is 22.8 Å². The lowest BCUT2D eigenvalue weighted by molar-refractivity contribution is 0.185. The van der Waals surface area contributed by atoms with E-state index in [4.69, 9.17) is 5.73 Å². The van der Waals surface area contributed by atoms with Crippen molar-refractivity contribution in [1.29, 1.82) is 0 Å². The maximum absolute atomic E-state index is 9.89. The Morgan fingerprint density at radius 2 is 2.26 bits per heavy atom. The molecule has 0 aliphatic rings. The van der Waals surface area contributed by atoms with E-state index in [0.717, 1.165) is 11.0 Å². The highest BCUT2D eigenvalue weighted by atomic mass is 32.1. The number of nitrogens with two attached hydrogens (primary N) is 1. The number of thiophene rings is 1. The number of nitrogen functional groups attached to an aromatic ring is 1. The SMILES string of the molecule is CC(O)c1nc2cc(N)ccc2n1Cc1ccsc1. The lowest BCUT2D eigenvalue weighted by atomic mass is 10.2. The Labute approximate surface area is 115 Å². The number of hydrogen-bond donors (Lipinski definition) is 2. The minimum absolute atomic E-state index is 0.604. The van der Waals surface area contributed by atoms with E-state index >= 15 is 0 Å². The van der Waals surface area contributed by atoms with Crippen molar-refractivity contribution in [2.24, 2.45) is 0 Å². The maximum atomic E-state index is 9.89. The summed E-state index contributed by atoms with van der Waals surface area (Å²) < 4.78 is 2.04. The van der Waals surface area contributed by atoms with Crippen molar-refractivity contribution in [3.63, 3.8) is 0 Å². The average molecular weight is 273 g/mol. The Hall–Kier alpha value is -1.85. The van der Waals surface area contributed by atoms with Crippen molar-refractivity contribution < 1.29 is 5.11 Å². The first-order valence-electron chi connectivity index (χ1n) is 6.10. The molecule has 0 aliphatic heterocycles. The summed E-state index contributed by atoms with van der Waals surface area (Å²) in [6.07, 6.45) is -0.604. The fraction of sp³-hybridized carbons (Fsp3) is 0.214. The zero-order valence-corrected chi connectivity index (χ0v) is 11.4. The van der Waals surface area contributed by atoms with E-state index in [9.17, 15) is 5.11 Å². The molecule has 0 saturated heterocycles. The third kappa shape index (κ3) is 2.22. The van der Waals surface area contributed by atoms with Crippen molar-refractivity contribution in [2.75, 3.05) is 5.73 Å². The first kappa shape index (κ1) is 12.2. The highest BCUT2D eigenvalue weighted by molar-refractivity contribution is 7.07. The van der Waals surface area contributed by atoms with Crippen molar-refractivity contribution >= 4 is 28.1 Å². The van der Waals surface area contributed by atoms with Gasteiger partial charge in [-0.3, -0.25) is 0 Å². The number of fused-ring (bicyclic) bond motifs is 1. The van der Waals surface area contributed by atoms with Crippen LogP contribution in [-0.4, -0.2) is 14.7 Å². The summed E-state index contributed by atoms with van der Waals surface area (Å²) in [5, 5.41) is 14.0. The topological polar surface area (TPSA) is 64.1 Å². The Bertz CT molecular complexity index is 701. The molecule has 4 nitrogen and oxygen atoms in total. The van der Waals surface area contributed by atoms with Gasteiger partial charge in [-0.2, -0.15) is 11.3 Å². The molecule has 0 saturated carbocycles. The fourth-order valence-corrected chi connectivity index (χ4v) is 2.88. The maximum Gasteiger partial charge on any atom is 0.138 e. The van der Waals surface area contributed by atoms with Crippen molar-refractivity contribution in [3.8, 4) is 0 Å². The summed E-state index contributed by atoms with van der Waals surface area (Å²) in [7, 11) is 0. The van der Waals surface area contributed by atoms with Gasteiger partial charge < -0.3 is 15.4 Å². The minimum atomic E-state index is -0.604. The Balaban J connectivity index is 2.16. The van der Waals surface area contributed by atoms with Crippen LogP contribution in [0.25, 0.3) is 11.0 Å². The Kier molecular flexibility index (Phi) is 3.00. The number of rotatable bonds is 3. The molecular formula is C14H15N3OS. The first-order chi connectivity index (χ1) is 9.15. The van der Waals surface area contributed by atoms with Crippen molar-refractivity contribution in [3.05, 3.63) is 46.4 Å². The standard InChI is InChI=1S/C14H15N3OS/c1-9(18)14-16-12-6-11(15)2-3-13(12)17(14)7-10-4-5-19-8-10/h2-6,8-9,18H,7,15H2,1H3. The smallest absolute Gasteiger partial charge is 0.138 e. The number of hydrogen-bond acceptors (Lipinski definition) is 4. The normalized spacial score (nSPS) is 12.9. The van der Waals surface area contributed by atoms with Gasteiger partial charge in [0.1, 0.15) is 11.9 Å². The van der Waals surface area contributed by atoms with Gasteiger partial charge in [0, 0.05) is 5.69 Å². The molecule has 1 aromatic carbocycles. The van der Waals surface area contributed by atoms with Gasteiger partial charge in [0.25, 0.3) is 0 Å². The van der Waals surface area contributed by atoms with Crippen LogP contribution in [0.3, 0.4) is 0 Å². The van der Waals surface area contributed by atoms with E-state index in [0.29, 0.717) is 18.1 Å². The van der Waals surface area contributed by atoms with Gasteiger partial charge in [-0.15, -0.1) is 0 Å².